The van der Waals surface area contributed by atoms with Gasteiger partial charge in [-0.25, -0.2) is 4.79 Å². The van der Waals surface area contributed by atoms with Crippen LogP contribution in [-0.2, 0) is 9.53 Å². The van der Waals surface area contributed by atoms with E-state index < -0.39 is 24.0 Å². The van der Waals surface area contributed by atoms with Crippen LogP contribution in [0.1, 0.15) is 47.8 Å². The second kappa shape index (κ2) is 9.78. The number of rotatable bonds is 8. The summed E-state index contributed by atoms with van der Waals surface area (Å²) in [5.74, 6) is -1.52. The molecule has 34 heavy (non-hydrogen) atoms. The fraction of sp³-hybridized carbons (Fsp3) is 0.280. The predicted octanol–water partition coefficient (Wildman–Crippen LogP) is 4.00. The number of carbonyl (C=O) groups excluding carboxylic acids is 2. The van der Waals surface area contributed by atoms with Crippen molar-refractivity contribution in [2.24, 2.45) is 5.92 Å². The number of aromatic amines is 1. The SMILES string of the molecule is CC(C)C(CC(=O)O)NC(=O)c1cc(NC(=O)OCC2c3ccccc3-c3ccccc32)n[nH]1. The summed E-state index contributed by atoms with van der Waals surface area (Å²) < 4.78 is 5.48. The molecule has 1 aliphatic rings. The number of ether oxygens (including phenoxy) is 1. The van der Waals surface area contributed by atoms with Crippen LogP contribution in [0.3, 0.4) is 0 Å². The lowest BCUT2D eigenvalue weighted by atomic mass is 9.98. The number of H-pyrrole nitrogens is 1. The summed E-state index contributed by atoms with van der Waals surface area (Å²) in [5.41, 5.74) is 4.59. The average Bonchev–Trinajstić information content (AvgIpc) is 3.39. The quantitative estimate of drug-likeness (QED) is 0.400. The molecule has 1 unspecified atom stereocenters. The number of benzene rings is 2. The molecule has 9 heteroatoms. The van der Waals surface area contributed by atoms with Crippen LogP contribution in [0.5, 0.6) is 0 Å². The largest absolute Gasteiger partial charge is 0.481 e. The van der Waals surface area contributed by atoms with Crippen molar-refractivity contribution in [3.8, 4) is 11.1 Å². The Kier molecular flexibility index (Phi) is 6.62. The van der Waals surface area contributed by atoms with Crippen LogP contribution < -0.4 is 10.6 Å². The Hall–Kier alpha value is -4.14. The van der Waals surface area contributed by atoms with Gasteiger partial charge in [-0.3, -0.25) is 20.0 Å². The van der Waals surface area contributed by atoms with E-state index in [0.29, 0.717) is 0 Å². The van der Waals surface area contributed by atoms with Crippen molar-refractivity contribution in [3.05, 3.63) is 71.4 Å². The van der Waals surface area contributed by atoms with Crippen molar-refractivity contribution in [2.75, 3.05) is 11.9 Å². The molecule has 9 nitrogen and oxygen atoms in total. The molecule has 0 fully saturated rings. The number of fused-ring (bicyclic) bond motifs is 3. The van der Waals surface area contributed by atoms with Gasteiger partial charge in [0.2, 0.25) is 0 Å². The first kappa shape index (κ1) is 23.0. The van der Waals surface area contributed by atoms with Gasteiger partial charge in [-0.2, -0.15) is 5.10 Å². The number of anilines is 1. The van der Waals surface area contributed by atoms with Gasteiger partial charge in [-0.1, -0.05) is 62.4 Å². The summed E-state index contributed by atoms with van der Waals surface area (Å²) in [6, 6.07) is 16.9. The number of carboxylic acid groups (broad SMARTS) is 1. The highest BCUT2D eigenvalue weighted by atomic mass is 16.5. The van der Waals surface area contributed by atoms with Crippen LogP contribution in [0.15, 0.2) is 54.6 Å². The third-order valence-electron chi connectivity index (χ3n) is 5.91. The number of hydrogen-bond donors (Lipinski definition) is 4. The zero-order valence-corrected chi connectivity index (χ0v) is 18.9. The second-order valence-corrected chi connectivity index (χ2v) is 8.54. The second-order valence-electron chi connectivity index (χ2n) is 8.54. The summed E-state index contributed by atoms with van der Waals surface area (Å²) in [7, 11) is 0. The molecule has 0 radical (unpaired) electrons. The third-order valence-corrected chi connectivity index (χ3v) is 5.91. The first-order chi connectivity index (χ1) is 16.3. The highest BCUT2D eigenvalue weighted by molar-refractivity contribution is 5.94. The van der Waals surface area contributed by atoms with E-state index in [1.165, 1.54) is 6.07 Å². The van der Waals surface area contributed by atoms with Crippen LogP contribution in [0.2, 0.25) is 0 Å². The molecule has 0 saturated heterocycles. The number of aromatic nitrogens is 2. The van der Waals surface area contributed by atoms with Gasteiger partial charge < -0.3 is 15.2 Å². The van der Waals surface area contributed by atoms with Gasteiger partial charge in [0.05, 0.1) is 6.42 Å². The lowest BCUT2D eigenvalue weighted by Gasteiger charge is -2.19. The number of nitrogens with zero attached hydrogens (tertiary/aromatic N) is 1. The molecule has 2 aromatic carbocycles. The molecular weight excluding hydrogens is 436 g/mol. The van der Waals surface area contributed by atoms with Gasteiger partial charge in [0.15, 0.2) is 5.82 Å². The van der Waals surface area contributed by atoms with E-state index in [4.69, 9.17) is 9.84 Å². The van der Waals surface area contributed by atoms with Gasteiger partial charge in [-0.15, -0.1) is 0 Å². The lowest BCUT2D eigenvalue weighted by Crippen LogP contribution is -2.40. The van der Waals surface area contributed by atoms with Crippen molar-refractivity contribution in [1.82, 2.24) is 15.5 Å². The maximum atomic E-state index is 12.5. The monoisotopic (exact) mass is 462 g/mol. The summed E-state index contributed by atoms with van der Waals surface area (Å²) in [4.78, 5) is 35.9. The van der Waals surface area contributed by atoms with Gasteiger partial charge in [0.25, 0.3) is 5.91 Å². The van der Waals surface area contributed by atoms with Crippen molar-refractivity contribution in [1.29, 1.82) is 0 Å². The molecule has 1 aromatic heterocycles. The van der Waals surface area contributed by atoms with Crippen LogP contribution in [0, 0.1) is 5.92 Å². The number of carboxylic acids is 1. The lowest BCUT2D eigenvalue weighted by molar-refractivity contribution is -0.137. The molecule has 0 aliphatic heterocycles. The van der Waals surface area contributed by atoms with Crippen LogP contribution in [0.4, 0.5) is 10.6 Å². The number of amides is 2. The van der Waals surface area contributed by atoms with Crippen molar-refractivity contribution < 1.29 is 24.2 Å². The molecule has 176 valence electrons. The Bertz CT molecular complexity index is 1170. The van der Waals surface area contributed by atoms with E-state index in [0.717, 1.165) is 22.3 Å². The van der Waals surface area contributed by atoms with Crippen molar-refractivity contribution in [2.45, 2.75) is 32.2 Å². The molecule has 0 spiro atoms. The summed E-state index contributed by atoms with van der Waals surface area (Å²) in [6.07, 6.45) is -0.881. The molecule has 1 aliphatic carbocycles. The van der Waals surface area contributed by atoms with E-state index in [1.54, 1.807) is 0 Å². The Balaban J connectivity index is 1.36. The summed E-state index contributed by atoms with van der Waals surface area (Å²) in [6.45, 7) is 3.80. The molecule has 0 bridgehead atoms. The van der Waals surface area contributed by atoms with Gasteiger partial charge >= 0.3 is 12.1 Å². The molecular formula is C25H26N4O5. The molecule has 4 N–H and O–H groups in total. The van der Waals surface area contributed by atoms with E-state index >= 15 is 0 Å². The van der Waals surface area contributed by atoms with Gasteiger partial charge in [-0.05, 0) is 28.2 Å². The summed E-state index contributed by atoms with van der Waals surface area (Å²) >= 11 is 0. The predicted molar refractivity (Wildman–Crippen MR) is 126 cm³/mol. The van der Waals surface area contributed by atoms with Crippen LogP contribution >= 0.6 is 0 Å². The highest BCUT2D eigenvalue weighted by Gasteiger charge is 2.29. The number of hydrogen-bond acceptors (Lipinski definition) is 5. The third kappa shape index (κ3) is 4.93. The Morgan fingerprint density at radius 1 is 1.06 bits per heavy atom. The topological polar surface area (TPSA) is 133 Å². The number of carbonyl (C=O) groups is 3. The average molecular weight is 463 g/mol. The minimum absolute atomic E-state index is 0.0682. The molecule has 4 rings (SSSR count). The maximum absolute atomic E-state index is 12.5. The van der Waals surface area contributed by atoms with Gasteiger partial charge in [0, 0.05) is 18.0 Å². The standard InChI is InChI=1S/C25H26N4O5/c1-14(2)20(12-23(30)31)26-24(32)21-11-22(29-28-21)27-25(33)34-13-19-17-9-5-3-7-15(17)16-8-4-6-10-18(16)19/h3-11,14,19-20H,12-13H2,1-2H3,(H,26,32)(H,30,31)(H2,27,28,29,33). The van der Waals surface area contributed by atoms with E-state index in [-0.39, 0.29) is 36.4 Å². The Morgan fingerprint density at radius 2 is 1.68 bits per heavy atom. The minimum atomic E-state index is -0.999. The molecule has 3 aromatic rings. The molecule has 1 heterocycles. The normalized spacial score (nSPS) is 13.1. The zero-order valence-electron chi connectivity index (χ0n) is 18.9. The fourth-order valence-corrected chi connectivity index (χ4v) is 4.13. The van der Waals surface area contributed by atoms with E-state index in [2.05, 4.69) is 33.0 Å². The number of nitrogens with one attached hydrogen (secondary N) is 3. The Labute approximate surface area is 196 Å². The van der Waals surface area contributed by atoms with Crippen LogP contribution in [-0.4, -0.2) is 45.9 Å². The fourth-order valence-electron chi connectivity index (χ4n) is 4.13. The smallest absolute Gasteiger partial charge is 0.412 e. The minimum Gasteiger partial charge on any atom is -0.481 e. The highest BCUT2D eigenvalue weighted by Crippen LogP contribution is 2.44. The maximum Gasteiger partial charge on any atom is 0.412 e. The Morgan fingerprint density at radius 3 is 2.26 bits per heavy atom. The van der Waals surface area contributed by atoms with Crippen molar-refractivity contribution in [3.63, 3.8) is 0 Å². The van der Waals surface area contributed by atoms with Crippen molar-refractivity contribution >= 4 is 23.8 Å². The summed E-state index contributed by atoms with van der Waals surface area (Å²) in [5, 5.41) is 20.7. The molecule has 0 saturated carbocycles. The number of aliphatic carboxylic acids is 1. The first-order valence-electron chi connectivity index (χ1n) is 11.0. The van der Waals surface area contributed by atoms with E-state index in [1.807, 2.05) is 50.2 Å². The van der Waals surface area contributed by atoms with E-state index in [9.17, 15) is 14.4 Å². The molecule has 2 amide bonds. The zero-order chi connectivity index (χ0) is 24.2. The first-order valence-corrected chi connectivity index (χ1v) is 11.0. The molecule has 1 atom stereocenters. The van der Waals surface area contributed by atoms with Crippen LogP contribution in [0.25, 0.3) is 11.1 Å². The van der Waals surface area contributed by atoms with Gasteiger partial charge in [0.1, 0.15) is 12.3 Å².